The molecule has 0 N–H and O–H groups in total. The molecular formula is C17H21ClN4O2. The molecule has 0 unspecified atom stereocenters. The van der Waals surface area contributed by atoms with Crippen molar-refractivity contribution in [1.29, 1.82) is 0 Å². The van der Waals surface area contributed by atoms with Crippen LogP contribution < -0.4 is 0 Å². The maximum absolute atomic E-state index is 12.4. The fraction of sp³-hybridized carbons (Fsp3) is 0.529. The lowest BCUT2D eigenvalue weighted by atomic mass is 10.0. The number of aromatic nitrogens is 2. The molecule has 1 aromatic rings. The van der Waals surface area contributed by atoms with Gasteiger partial charge in [-0.05, 0) is 45.7 Å². The molecule has 1 atom stereocenters. The maximum atomic E-state index is 12.4. The highest BCUT2D eigenvalue weighted by atomic mass is 35.5. The molecule has 24 heavy (non-hydrogen) atoms. The van der Waals surface area contributed by atoms with Gasteiger partial charge in [0.25, 0.3) is 0 Å². The predicted octanol–water partition coefficient (Wildman–Crippen LogP) is 3.72. The molecule has 1 saturated heterocycles. The van der Waals surface area contributed by atoms with E-state index in [1.807, 2.05) is 26.8 Å². The number of halogens is 1. The minimum Gasteiger partial charge on any atom is -0.444 e. The average molecular weight is 349 g/mol. The normalized spacial score (nSPS) is 20.8. The Morgan fingerprint density at radius 1 is 1.33 bits per heavy atom. The number of carbonyl (C=O) groups excluding carboxylic acids is 1. The van der Waals surface area contributed by atoms with Gasteiger partial charge in [0.1, 0.15) is 5.60 Å². The summed E-state index contributed by atoms with van der Waals surface area (Å²) in [5.74, 6) is 0. The van der Waals surface area contributed by atoms with Crippen LogP contribution in [0.4, 0.5) is 4.79 Å². The first-order valence-corrected chi connectivity index (χ1v) is 8.46. The Hall–Kier alpha value is -1.95. The zero-order valence-electron chi connectivity index (χ0n) is 14.1. The minimum absolute atomic E-state index is 0.00569. The number of amides is 1. The van der Waals surface area contributed by atoms with Gasteiger partial charge in [0, 0.05) is 30.5 Å². The first-order valence-electron chi connectivity index (χ1n) is 8.08. The number of aliphatic imine (C=N–C) groups is 1. The molecule has 0 aliphatic carbocycles. The first-order chi connectivity index (χ1) is 11.3. The second kappa shape index (κ2) is 6.51. The second-order valence-corrected chi connectivity index (χ2v) is 7.41. The van der Waals surface area contributed by atoms with E-state index < -0.39 is 5.60 Å². The molecule has 0 radical (unpaired) electrons. The molecule has 0 aromatic carbocycles. The summed E-state index contributed by atoms with van der Waals surface area (Å²) in [4.78, 5) is 18.7. The van der Waals surface area contributed by atoms with Crippen molar-refractivity contribution in [1.82, 2.24) is 15.1 Å². The number of rotatable bonds is 2. The number of hydrogen-bond acceptors (Lipinski definition) is 5. The van der Waals surface area contributed by atoms with Crippen molar-refractivity contribution >= 4 is 29.0 Å². The highest BCUT2D eigenvalue weighted by Crippen LogP contribution is 2.29. The molecule has 0 spiro atoms. The third-order valence-electron chi connectivity index (χ3n) is 3.98. The monoisotopic (exact) mass is 348 g/mol. The number of likely N-dealkylation sites (tertiary alicyclic amines) is 1. The zero-order valence-corrected chi connectivity index (χ0v) is 14.9. The molecule has 3 heterocycles. The van der Waals surface area contributed by atoms with Crippen LogP contribution in [0.1, 0.15) is 45.7 Å². The van der Waals surface area contributed by atoms with Crippen LogP contribution in [0.15, 0.2) is 23.3 Å². The van der Waals surface area contributed by atoms with Crippen molar-refractivity contribution < 1.29 is 9.53 Å². The lowest BCUT2D eigenvalue weighted by Crippen LogP contribution is -2.43. The van der Waals surface area contributed by atoms with E-state index in [1.54, 1.807) is 17.2 Å². The Balaban J connectivity index is 1.67. The quantitative estimate of drug-likeness (QED) is 0.817. The summed E-state index contributed by atoms with van der Waals surface area (Å²) >= 11 is 5.78. The van der Waals surface area contributed by atoms with Crippen LogP contribution in [0.5, 0.6) is 0 Å². The van der Waals surface area contributed by atoms with Gasteiger partial charge in [-0.15, -0.1) is 10.2 Å². The van der Waals surface area contributed by atoms with E-state index in [0.717, 1.165) is 29.8 Å². The molecule has 2 aliphatic heterocycles. The smallest absolute Gasteiger partial charge is 0.410 e. The summed E-state index contributed by atoms with van der Waals surface area (Å²) in [6, 6.07) is 3.54. The highest BCUT2D eigenvalue weighted by Gasteiger charge is 2.36. The van der Waals surface area contributed by atoms with E-state index in [0.29, 0.717) is 18.1 Å². The lowest BCUT2D eigenvalue weighted by molar-refractivity contribution is 0.0265. The Morgan fingerprint density at radius 3 is 2.79 bits per heavy atom. The summed E-state index contributed by atoms with van der Waals surface area (Å²) in [5.41, 5.74) is 2.24. The van der Waals surface area contributed by atoms with Gasteiger partial charge in [0.15, 0.2) is 5.15 Å². The van der Waals surface area contributed by atoms with Gasteiger partial charge in [-0.25, -0.2) is 4.79 Å². The van der Waals surface area contributed by atoms with E-state index >= 15 is 0 Å². The third-order valence-corrected chi connectivity index (χ3v) is 4.19. The van der Waals surface area contributed by atoms with Crippen LogP contribution >= 0.6 is 11.6 Å². The van der Waals surface area contributed by atoms with E-state index in [1.165, 1.54) is 0 Å². The molecule has 3 rings (SSSR count). The Bertz CT molecular complexity index is 692. The maximum Gasteiger partial charge on any atom is 0.410 e. The summed E-state index contributed by atoms with van der Waals surface area (Å²) < 4.78 is 5.51. The van der Waals surface area contributed by atoms with Crippen LogP contribution in [0.25, 0.3) is 5.57 Å². The molecule has 7 heteroatoms. The van der Waals surface area contributed by atoms with Crippen molar-refractivity contribution in [3.8, 4) is 0 Å². The van der Waals surface area contributed by atoms with Crippen LogP contribution in [-0.2, 0) is 4.74 Å². The fourth-order valence-corrected chi connectivity index (χ4v) is 3.05. The molecule has 0 bridgehead atoms. The molecule has 1 fully saturated rings. The fourth-order valence-electron chi connectivity index (χ4n) is 2.95. The van der Waals surface area contributed by atoms with Gasteiger partial charge < -0.3 is 4.74 Å². The highest BCUT2D eigenvalue weighted by molar-refractivity contribution is 6.29. The van der Waals surface area contributed by atoms with E-state index in [-0.39, 0.29) is 12.1 Å². The molecule has 6 nitrogen and oxygen atoms in total. The molecule has 128 valence electrons. The van der Waals surface area contributed by atoms with E-state index in [4.69, 9.17) is 16.3 Å². The van der Waals surface area contributed by atoms with Crippen molar-refractivity contribution in [3.05, 3.63) is 29.2 Å². The van der Waals surface area contributed by atoms with Crippen molar-refractivity contribution in [2.75, 3.05) is 6.54 Å². The minimum atomic E-state index is -0.496. The van der Waals surface area contributed by atoms with Gasteiger partial charge >= 0.3 is 6.09 Å². The SMILES string of the molecule is CC(C)(C)OC(=O)N1CCC[C@H]1C1=NC=C(c2ccc(Cl)nn2)C1. The summed E-state index contributed by atoms with van der Waals surface area (Å²) in [7, 11) is 0. The second-order valence-electron chi connectivity index (χ2n) is 7.02. The van der Waals surface area contributed by atoms with Crippen LogP contribution in [0.3, 0.4) is 0 Å². The summed E-state index contributed by atoms with van der Waals surface area (Å²) in [6.45, 7) is 6.33. The third kappa shape index (κ3) is 3.75. The Morgan fingerprint density at radius 2 is 2.12 bits per heavy atom. The van der Waals surface area contributed by atoms with Crippen LogP contribution in [-0.4, -0.2) is 45.1 Å². The first kappa shape index (κ1) is 16.9. The largest absolute Gasteiger partial charge is 0.444 e. The molecule has 2 aliphatic rings. The number of nitrogens with zero attached hydrogens (tertiary/aromatic N) is 4. The van der Waals surface area contributed by atoms with Gasteiger partial charge in [-0.1, -0.05) is 11.6 Å². The molecule has 1 aromatic heterocycles. The van der Waals surface area contributed by atoms with Gasteiger partial charge in [-0.2, -0.15) is 0 Å². The lowest BCUT2D eigenvalue weighted by Gasteiger charge is -2.28. The molecule has 1 amide bonds. The Labute approximate surface area is 146 Å². The summed E-state index contributed by atoms with van der Waals surface area (Å²) in [6.07, 6.45) is 4.07. The van der Waals surface area contributed by atoms with Crippen molar-refractivity contribution in [3.63, 3.8) is 0 Å². The number of carbonyl (C=O) groups is 1. The average Bonchev–Trinajstić information content (AvgIpc) is 3.15. The van der Waals surface area contributed by atoms with Crippen LogP contribution in [0.2, 0.25) is 5.15 Å². The molecular weight excluding hydrogens is 328 g/mol. The summed E-state index contributed by atoms with van der Waals surface area (Å²) in [5, 5.41) is 8.33. The van der Waals surface area contributed by atoms with E-state index in [9.17, 15) is 4.79 Å². The van der Waals surface area contributed by atoms with E-state index in [2.05, 4.69) is 15.2 Å². The number of ether oxygens (including phenoxy) is 1. The van der Waals surface area contributed by atoms with Crippen LogP contribution in [0, 0.1) is 0 Å². The van der Waals surface area contributed by atoms with Gasteiger partial charge in [0.2, 0.25) is 0 Å². The standard InChI is InChI=1S/C17H21ClN4O2/c1-17(2,3)24-16(23)22-8-4-5-14(22)13-9-11(10-19-13)12-6-7-15(18)21-20-12/h6-7,10,14H,4-5,8-9H2,1-3H3/t14-/m0/s1. The van der Waals surface area contributed by atoms with Crippen molar-refractivity contribution in [2.24, 2.45) is 4.99 Å². The Kier molecular flexibility index (Phi) is 4.58. The predicted molar refractivity (Wildman–Crippen MR) is 93.0 cm³/mol. The van der Waals surface area contributed by atoms with Gasteiger partial charge in [0.05, 0.1) is 11.7 Å². The number of hydrogen-bond donors (Lipinski definition) is 0. The van der Waals surface area contributed by atoms with Crippen molar-refractivity contribution in [2.45, 2.75) is 51.7 Å². The topological polar surface area (TPSA) is 67.7 Å². The molecule has 0 saturated carbocycles. The van der Waals surface area contributed by atoms with Gasteiger partial charge in [-0.3, -0.25) is 9.89 Å². The number of allylic oxidation sites excluding steroid dienone is 1. The zero-order chi connectivity index (χ0) is 17.3.